The number of ether oxygens (including phenoxy) is 1. The van der Waals surface area contributed by atoms with Crippen LogP contribution < -0.4 is 10.1 Å². The SMILES string of the molecule is CNCC1CCCN1S(=O)(=O)c1ccc(OC)c(Cl)c1. The highest BCUT2D eigenvalue weighted by molar-refractivity contribution is 7.89. The van der Waals surface area contributed by atoms with E-state index >= 15 is 0 Å². The Morgan fingerprint density at radius 1 is 1.50 bits per heavy atom. The van der Waals surface area contributed by atoms with E-state index in [4.69, 9.17) is 16.3 Å². The van der Waals surface area contributed by atoms with E-state index in [1.807, 2.05) is 7.05 Å². The molecule has 0 radical (unpaired) electrons. The van der Waals surface area contributed by atoms with E-state index in [0.717, 1.165) is 12.8 Å². The molecule has 112 valence electrons. The first-order valence-corrected chi connectivity index (χ1v) is 8.32. The topological polar surface area (TPSA) is 58.6 Å². The zero-order valence-corrected chi connectivity index (χ0v) is 13.2. The maximum Gasteiger partial charge on any atom is 0.243 e. The molecule has 5 nitrogen and oxygen atoms in total. The quantitative estimate of drug-likeness (QED) is 0.898. The third-order valence-corrected chi connectivity index (χ3v) is 5.74. The van der Waals surface area contributed by atoms with E-state index in [9.17, 15) is 8.42 Å². The molecule has 7 heteroatoms. The second-order valence-electron chi connectivity index (χ2n) is 4.77. The van der Waals surface area contributed by atoms with Crippen molar-refractivity contribution in [3.05, 3.63) is 23.2 Å². The van der Waals surface area contributed by atoms with Crippen LogP contribution in [0.4, 0.5) is 0 Å². The summed E-state index contributed by atoms with van der Waals surface area (Å²) in [7, 11) is -0.179. The standard InChI is InChI=1S/C13H19ClN2O3S/c1-15-9-10-4-3-7-16(10)20(17,18)11-5-6-13(19-2)12(14)8-11/h5-6,8,10,15H,3-4,7,9H2,1-2H3. The minimum atomic E-state index is -3.50. The highest BCUT2D eigenvalue weighted by Crippen LogP contribution is 2.31. The lowest BCUT2D eigenvalue weighted by molar-refractivity contribution is 0.379. The lowest BCUT2D eigenvalue weighted by Gasteiger charge is -2.24. The molecule has 1 heterocycles. The van der Waals surface area contributed by atoms with Crippen molar-refractivity contribution in [3.63, 3.8) is 0 Å². The molecule has 0 bridgehead atoms. The molecule has 0 amide bonds. The number of rotatable bonds is 5. The maximum atomic E-state index is 12.7. The van der Waals surface area contributed by atoms with E-state index < -0.39 is 10.0 Å². The molecule has 1 aromatic rings. The number of likely N-dealkylation sites (N-methyl/N-ethyl adjacent to an activating group) is 1. The average molecular weight is 319 g/mol. The van der Waals surface area contributed by atoms with Crippen LogP contribution in [0, 0.1) is 0 Å². The van der Waals surface area contributed by atoms with E-state index in [0.29, 0.717) is 23.9 Å². The van der Waals surface area contributed by atoms with Crippen molar-refractivity contribution in [3.8, 4) is 5.75 Å². The van der Waals surface area contributed by atoms with Gasteiger partial charge in [0.05, 0.1) is 17.0 Å². The lowest BCUT2D eigenvalue weighted by atomic mass is 10.2. The van der Waals surface area contributed by atoms with Crippen molar-refractivity contribution in [1.82, 2.24) is 9.62 Å². The highest BCUT2D eigenvalue weighted by Gasteiger charge is 2.35. The minimum Gasteiger partial charge on any atom is -0.495 e. The largest absolute Gasteiger partial charge is 0.495 e. The molecule has 1 unspecified atom stereocenters. The van der Waals surface area contributed by atoms with Crippen LogP contribution in [0.25, 0.3) is 0 Å². The summed E-state index contributed by atoms with van der Waals surface area (Å²) in [5.41, 5.74) is 0. The van der Waals surface area contributed by atoms with Gasteiger partial charge in [-0.15, -0.1) is 0 Å². The van der Waals surface area contributed by atoms with Crippen molar-refractivity contribution in [2.75, 3.05) is 27.2 Å². The Bertz CT molecular complexity index is 577. The second kappa shape index (κ2) is 6.30. The number of hydrogen-bond acceptors (Lipinski definition) is 4. The van der Waals surface area contributed by atoms with E-state index in [1.165, 1.54) is 19.2 Å². The molecular formula is C13H19ClN2O3S. The molecule has 1 fully saturated rings. The van der Waals surface area contributed by atoms with Crippen molar-refractivity contribution in [2.24, 2.45) is 0 Å². The van der Waals surface area contributed by atoms with Crippen molar-refractivity contribution in [2.45, 2.75) is 23.8 Å². The fraction of sp³-hybridized carbons (Fsp3) is 0.538. The number of nitrogens with zero attached hydrogens (tertiary/aromatic N) is 1. The summed E-state index contributed by atoms with van der Waals surface area (Å²) < 4.78 is 31.9. The van der Waals surface area contributed by atoms with Crippen LogP contribution >= 0.6 is 11.6 Å². The molecule has 2 rings (SSSR count). The first kappa shape index (κ1) is 15.6. The van der Waals surface area contributed by atoms with Gasteiger partial charge in [-0.2, -0.15) is 4.31 Å². The maximum absolute atomic E-state index is 12.7. The normalized spacial score (nSPS) is 20.2. The van der Waals surface area contributed by atoms with Gasteiger partial charge in [0.1, 0.15) is 5.75 Å². The summed E-state index contributed by atoms with van der Waals surface area (Å²) in [5, 5.41) is 3.34. The summed E-state index contributed by atoms with van der Waals surface area (Å²) in [4.78, 5) is 0.214. The van der Waals surface area contributed by atoms with Crippen LogP contribution in [-0.4, -0.2) is 46.0 Å². The van der Waals surface area contributed by atoms with Gasteiger partial charge in [-0.3, -0.25) is 0 Å². The summed E-state index contributed by atoms with van der Waals surface area (Å²) in [6.07, 6.45) is 1.76. The van der Waals surface area contributed by atoms with Gasteiger partial charge >= 0.3 is 0 Å². The molecular weight excluding hydrogens is 300 g/mol. The lowest BCUT2D eigenvalue weighted by Crippen LogP contribution is -2.40. The van der Waals surface area contributed by atoms with Crippen LogP contribution in [0.3, 0.4) is 0 Å². The molecule has 1 aliphatic rings. The predicted octanol–water partition coefficient (Wildman–Crippen LogP) is 1.72. The number of methoxy groups -OCH3 is 1. The first-order chi connectivity index (χ1) is 9.50. The third-order valence-electron chi connectivity index (χ3n) is 3.49. The smallest absolute Gasteiger partial charge is 0.243 e. The van der Waals surface area contributed by atoms with E-state index in [1.54, 1.807) is 10.4 Å². The Balaban J connectivity index is 2.32. The van der Waals surface area contributed by atoms with Crippen LogP contribution in [0.15, 0.2) is 23.1 Å². The molecule has 1 aromatic carbocycles. The van der Waals surface area contributed by atoms with Gasteiger partial charge in [0, 0.05) is 19.1 Å². The van der Waals surface area contributed by atoms with Gasteiger partial charge in [-0.1, -0.05) is 11.6 Å². The predicted molar refractivity (Wildman–Crippen MR) is 78.8 cm³/mol. The second-order valence-corrected chi connectivity index (χ2v) is 7.06. The Morgan fingerprint density at radius 3 is 2.85 bits per heavy atom. The Labute approximate surface area is 124 Å². The monoisotopic (exact) mass is 318 g/mol. The molecule has 1 aliphatic heterocycles. The van der Waals surface area contributed by atoms with Crippen molar-refractivity contribution >= 4 is 21.6 Å². The molecule has 0 saturated carbocycles. The van der Waals surface area contributed by atoms with E-state index in [2.05, 4.69) is 5.32 Å². The van der Waals surface area contributed by atoms with Crippen LogP contribution in [0.1, 0.15) is 12.8 Å². The van der Waals surface area contributed by atoms with Gasteiger partial charge in [-0.05, 0) is 38.1 Å². The molecule has 0 aromatic heterocycles. The number of nitrogens with one attached hydrogen (secondary N) is 1. The minimum absolute atomic E-state index is 0.00544. The van der Waals surface area contributed by atoms with Crippen LogP contribution in [0.5, 0.6) is 5.75 Å². The van der Waals surface area contributed by atoms with Gasteiger partial charge in [0.15, 0.2) is 0 Å². The fourth-order valence-corrected chi connectivity index (χ4v) is 4.55. The van der Waals surface area contributed by atoms with E-state index in [-0.39, 0.29) is 10.9 Å². The van der Waals surface area contributed by atoms with Gasteiger partial charge in [0.25, 0.3) is 0 Å². The Morgan fingerprint density at radius 2 is 2.25 bits per heavy atom. The number of sulfonamides is 1. The molecule has 1 saturated heterocycles. The fourth-order valence-electron chi connectivity index (χ4n) is 2.51. The zero-order chi connectivity index (χ0) is 14.8. The number of hydrogen-bond donors (Lipinski definition) is 1. The highest BCUT2D eigenvalue weighted by atomic mass is 35.5. The Kier molecular flexibility index (Phi) is 4.90. The number of benzene rings is 1. The summed E-state index contributed by atoms with van der Waals surface area (Å²) >= 11 is 6.02. The van der Waals surface area contributed by atoms with Crippen molar-refractivity contribution in [1.29, 1.82) is 0 Å². The molecule has 0 aliphatic carbocycles. The average Bonchev–Trinajstić information content (AvgIpc) is 2.88. The van der Waals surface area contributed by atoms with Gasteiger partial charge in [0.2, 0.25) is 10.0 Å². The molecule has 20 heavy (non-hydrogen) atoms. The molecule has 1 atom stereocenters. The summed E-state index contributed by atoms with van der Waals surface area (Å²) in [5.74, 6) is 0.471. The third kappa shape index (κ3) is 2.93. The van der Waals surface area contributed by atoms with Crippen molar-refractivity contribution < 1.29 is 13.2 Å². The zero-order valence-electron chi connectivity index (χ0n) is 11.6. The van der Waals surface area contributed by atoms with Crippen LogP contribution in [-0.2, 0) is 10.0 Å². The Hall–Kier alpha value is -0.820. The summed E-state index contributed by atoms with van der Waals surface area (Å²) in [6, 6.07) is 4.57. The molecule has 0 spiro atoms. The van der Waals surface area contributed by atoms with Crippen LogP contribution in [0.2, 0.25) is 5.02 Å². The molecule has 1 N–H and O–H groups in total. The van der Waals surface area contributed by atoms with Gasteiger partial charge in [-0.25, -0.2) is 8.42 Å². The first-order valence-electron chi connectivity index (χ1n) is 6.50. The number of halogens is 1. The van der Waals surface area contributed by atoms with Gasteiger partial charge < -0.3 is 10.1 Å². The summed E-state index contributed by atoms with van der Waals surface area (Å²) in [6.45, 7) is 1.21.